The molecular formula is C19H35N3. The molecule has 0 aromatic rings. The van der Waals surface area contributed by atoms with Crippen LogP contribution >= 0.6 is 0 Å². The molecule has 0 saturated heterocycles. The van der Waals surface area contributed by atoms with E-state index >= 15 is 0 Å². The van der Waals surface area contributed by atoms with Crippen LogP contribution in [0.25, 0.3) is 0 Å². The molecule has 0 amide bonds. The highest BCUT2D eigenvalue weighted by atomic mass is 15.1. The Bertz CT molecular complexity index is 418. The van der Waals surface area contributed by atoms with Gasteiger partial charge in [-0.2, -0.15) is 0 Å². The predicted molar refractivity (Wildman–Crippen MR) is 100 cm³/mol. The molecule has 0 saturated carbocycles. The summed E-state index contributed by atoms with van der Waals surface area (Å²) in [7, 11) is 4.13. The summed E-state index contributed by atoms with van der Waals surface area (Å²) in [5.74, 6) is 0. The van der Waals surface area contributed by atoms with Crippen molar-refractivity contribution < 1.29 is 0 Å². The highest BCUT2D eigenvalue weighted by molar-refractivity contribution is 5.80. The van der Waals surface area contributed by atoms with Crippen molar-refractivity contribution in [2.75, 3.05) is 33.7 Å². The smallest absolute Gasteiger partial charge is 0.0549 e. The Labute approximate surface area is 138 Å². The van der Waals surface area contributed by atoms with Crippen LogP contribution < -0.4 is 0 Å². The van der Waals surface area contributed by atoms with Gasteiger partial charge in [0.05, 0.1) is 5.70 Å². The summed E-state index contributed by atoms with van der Waals surface area (Å²) < 4.78 is 0. The molecule has 0 unspecified atom stereocenters. The molecule has 0 aliphatic heterocycles. The Kier molecular flexibility index (Phi) is 10.6. The normalized spacial score (nSPS) is 12.5. The second kappa shape index (κ2) is 11.2. The molecule has 0 N–H and O–H groups in total. The van der Waals surface area contributed by atoms with Gasteiger partial charge in [0, 0.05) is 31.0 Å². The van der Waals surface area contributed by atoms with Crippen LogP contribution in [0.1, 0.15) is 47.5 Å². The van der Waals surface area contributed by atoms with Gasteiger partial charge in [0.15, 0.2) is 0 Å². The van der Waals surface area contributed by atoms with E-state index < -0.39 is 0 Å². The van der Waals surface area contributed by atoms with Gasteiger partial charge in [-0.3, -0.25) is 4.99 Å². The van der Waals surface area contributed by atoms with Crippen LogP contribution in [0.4, 0.5) is 0 Å². The average molecular weight is 306 g/mol. The number of likely N-dealkylation sites (N-methyl/N-ethyl adjacent to an activating group) is 1. The van der Waals surface area contributed by atoms with Gasteiger partial charge < -0.3 is 9.80 Å². The third-order valence-corrected chi connectivity index (χ3v) is 3.12. The first-order valence-electron chi connectivity index (χ1n) is 8.33. The van der Waals surface area contributed by atoms with Crippen LogP contribution in [0.5, 0.6) is 0 Å². The van der Waals surface area contributed by atoms with Crippen molar-refractivity contribution in [2.24, 2.45) is 4.99 Å². The second-order valence-corrected chi connectivity index (χ2v) is 6.12. The lowest BCUT2D eigenvalue weighted by atomic mass is 10.1. The van der Waals surface area contributed by atoms with Gasteiger partial charge >= 0.3 is 0 Å². The molecule has 0 fully saturated rings. The van der Waals surface area contributed by atoms with E-state index in [2.05, 4.69) is 68.4 Å². The molecule has 0 spiro atoms. The fourth-order valence-electron chi connectivity index (χ4n) is 2.46. The van der Waals surface area contributed by atoms with Crippen molar-refractivity contribution in [2.45, 2.75) is 47.5 Å². The van der Waals surface area contributed by atoms with Crippen LogP contribution in [-0.4, -0.2) is 49.2 Å². The summed E-state index contributed by atoms with van der Waals surface area (Å²) in [6.07, 6.45) is 6.58. The minimum atomic E-state index is 0.822. The molecule has 0 radical (unpaired) electrons. The van der Waals surface area contributed by atoms with Gasteiger partial charge in [-0.15, -0.1) is 0 Å². The molecule has 126 valence electrons. The Morgan fingerprint density at radius 3 is 2.00 bits per heavy atom. The monoisotopic (exact) mass is 305 g/mol. The van der Waals surface area contributed by atoms with Crippen molar-refractivity contribution in [3.63, 3.8) is 0 Å². The summed E-state index contributed by atoms with van der Waals surface area (Å²) in [6.45, 7) is 17.8. The fraction of sp³-hybridized carbons (Fsp3) is 0.632. The minimum Gasteiger partial charge on any atom is -0.371 e. The van der Waals surface area contributed by atoms with Crippen LogP contribution in [0, 0.1) is 0 Å². The molecule has 0 atom stereocenters. The van der Waals surface area contributed by atoms with Gasteiger partial charge in [-0.25, -0.2) is 0 Å². The van der Waals surface area contributed by atoms with E-state index in [0.717, 1.165) is 49.5 Å². The topological polar surface area (TPSA) is 18.8 Å². The second-order valence-electron chi connectivity index (χ2n) is 6.12. The maximum absolute atomic E-state index is 4.65. The van der Waals surface area contributed by atoms with Crippen LogP contribution in [0.15, 0.2) is 40.7 Å². The number of aliphatic imine (C=N–C) groups is 1. The van der Waals surface area contributed by atoms with E-state index in [9.17, 15) is 0 Å². The molecule has 3 heteroatoms. The zero-order valence-electron chi connectivity index (χ0n) is 15.7. The average Bonchev–Trinajstić information content (AvgIpc) is 2.38. The molecule has 0 aliphatic carbocycles. The Balaban J connectivity index is 5.36. The first kappa shape index (κ1) is 20.6. The van der Waals surface area contributed by atoms with E-state index in [0.29, 0.717) is 0 Å². The zero-order valence-corrected chi connectivity index (χ0v) is 15.7. The summed E-state index contributed by atoms with van der Waals surface area (Å²) in [4.78, 5) is 9.22. The summed E-state index contributed by atoms with van der Waals surface area (Å²) in [5.41, 5.74) is 4.40. The van der Waals surface area contributed by atoms with E-state index in [4.69, 9.17) is 0 Å². The Morgan fingerprint density at radius 1 is 1.09 bits per heavy atom. The van der Waals surface area contributed by atoms with E-state index in [1.807, 2.05) is 13.8 Å². The number of allylic oxidation sites excluding steroid dienone is 2. The first-order chi connectivity index (χ1) is 10.3. The molecule has 22 heavy (non-hydrogen) atoms. The number of hydrogen-bond donors (Lipinski definition) is 0. The number of hydrogen-bond acceptors (Lipinski definition) is 3. The highest BCUT2D eigenvalue weighted by Crippen LogP contribution is 2.18. The van der Waals surface area contributed by atoms with Gasteiger partial charge in [-0.05, 0) is 59.4 Å². The van der Waals surface area contributed by atoms with Crippen LogP contribution in [0.2, 0.25) is 0 Å². The molecule has 3 nitrogen and oxygen atoms in total. The Hall–Kier alpha value is -1.35. The van der Waals surface area contributed by atoms with Gasteiger partial charge in [0.2, 0.25) is 0 Å². The maximum atomic E-state index is 4.65. The van der Waals surface area contributed by atoms with E-state index in [-0.39, 0.29) is 0 Å². The maximum Gasteiger partial charge on any atom is 0.0549 e. The standard InChI is InChI=1S/C19H35N3/c1-9-12-22(13-10-2)19(11-3)17(6)14-18(15-21(7)8)20-16(4)5/h11,14H,6,9-10,12-13,15H2,1-5,7-8H3/b18-14-,19-11-. The lowest BCUT2D eigenvalue weighted by molar-refractivity contribution is 0.351. The SMILES string of the molecule is C=C(/C=C(/CN(C)C)N=C(C)C)/C(=C/C)N(CCC)CCC. The van der Waals surface area contributed by atoms with Crippen molar-refractivity contribution >= 4 is 5.71 Å². The Morgan fingerprint density at radius 2 is 1.64 bits per heavy atom. The largest absolute Gasteiger partial charge is 0.371 e. The van der Waals surface area contributed by atoms with Crippen LogP contribution in [0.3, 0.4) is 0 Å². The lowest BCUT2D eigenvalue weighted by Crippen LogP contribution is -2.25. The third kappa shape index (κ3) is 8.18. The molecule has 0 aliphatic rings. The van der Waals surface area contributed by atoms with E-state index in [1.54, 1.807) is 0 Å². The van der Waals surface area contributed by atoms with Crippen molar-refractivity contribution in [1.29, 1.82) is 0 Å². The molecule has 0 heterocycles. The molecule has 0 rings (SSSR count). The molecule has 0 bridgehead atoms. The minimum absolute atomic E-state index is 0.822. The van der Waals surface area contributed by atoms with Gasteiger partial charge in [-0.1, -0.05) is 26.5 Å². The van der Waals surface area contributed by atoms with Crippen molar-refractivity contribution in [1.82, 2.24) is 9.80 Å². The van der Waals surface area contributed by atoms with Crippen molar-refractivity contribution in [3.8, 4) is 0 Å². The van der Waals surface area contributed by atoms with Crippen molar-refractivity contribution in [3.05, 3.63) is 35.7 Å². The summed E-state index contributed by atoms with van der Waals surface area (Å²) in [5, 5.41) is 0. The van der Waals surface area contributed by atoms with E-state index in [1.165, 1.54) is 5.70 Å². The highest BCUT2D eigenvalue weighted by Gasteiger charge is 2.10. The van der Waals surface area contributed by atoms with Gasteiger partial charge in [0.1, 0.15) is 0 Å². The number of rotatable bonds is 10. The molecule has 0 aromatic heterocycles. The van der Waals surface area contributed by atoms with Crippen LogP contribution in [-0.2, 0) is 0 Å². The summed E-state index contributed by atoms with van der Waals surface area (Å²) in [6, 6.07) is 0. The summed E-state index contributed by atoms with van der Waals surface area (Å²) >= 11 is 0. The zero-order chi connectivity index (χ0) is 17.1. The quantitative estimate of drug-likeness (QED) is 0.437. The number of nitrogens with zero attached hydrogens (tertiary/aromatic N) is 3. The molecule has 0 aromatic carbocycles. The van der Waals surface area contributed by atoms with Gasteiger partial charge in [0.25, 0.3) is 0 Å². The first-order valence-corrected chi connectivity index (χ1v) is 8.33. The fourth-order valence-corrected chi connectivity index (χ4v) is 2.46. The molecular weight excluding hydrogens is 270 g/mol. The predicted octanol–water partition coefficient (Wildman–Crippen LogP) is 4.49. The lowest BCUT2D eigenvalue weighted by Gasteiger charge is -2.27. The third-order valence-electron chi connectivity index (χ3n) is 3.12.